The van der Waals surface area contributed by atoms with E-state index in [4.69, 9.17) is 16.6 Å². The maximum Gasteiger partial charge on any atom is 0.227 e. The fourth-order valence-corrected chi connectivity index (χ4v) is 4.36. The molecule has 8 heteroatoms. The second-order valence-electron chi connectivity index (χ2n) is 8.44. The molecule has 1 unspecified atom stereocenters. The van der Waals surface area contributed by atoms with Crippen molar-refractivity contribution in [3.8, 4) is 11.4 Å². The summed E-state index contributed by atoms with van der Waals surface area (Å²) in [5.74, 6) is 0.503. The maximum absolute atomic E-state index is 6.47. The monoisotopic (exact) mass is 447 g/mol. The smallest absolute Gasteiger partial charge is 0.227 e. The lowest BCUT2D eigenvalue weighted by atomic mass is 10.1. The van der Waals surface area contributed by atoms with Gasteiger partial charge in [0.05, 0.1) is 23.1 Å². The number of hydrogen-bond acceptors (Lipinski definition) is 6. The molecule has 32 heavy (non-hydrogen) atoms. The van der Waals surface area contributed by atoms with Crippen LogP contribution in [0.3, 0.4) is 0 Å². The Morgan fingerprint density at radius 2 is 2.00 bits per heavy atom. The maximum atomic E-state index is 6.47. The largest absolute Gasteiger partial charge is 0.370 e. The van der Waals surface area contributed by atoms with Gasteiger partial charge in [0, 0.05) is 36.7 Å². The third-order valence-electron chi connectivity index (χ3n) is 6.13. The highest BCUT2D eigenvalue weighted by Gasteiger charge is 2.24. The molecule has 4 aromatic rings. The quantitative estimate of drug-likeness (QED) is 0.481. The number of fused-ring (bicyclic) bond motifs is 1. The van der Waals surface area contributed by atoms with Crippen molar-refractivity contribution in [1.29, 1.82) is 0 Å². The summed E-state index contributed by atoms with van der Waals surface area (Å²) < 4.78 is 1.97. The van der Waals surface area contributed by atoms with Gasteiger partial charge in [-0.2, -0.15) is 0 Å². The van der Waals surface area contributed by atoms with E-state index in [0.29, 0.717) is 22.7 Å². The van der Waals surface area contributed by atoms with Crippen molar-refractivity contribution in [2.24, 2.45) is 0 Å². The summed E-state index contributed by atoms with van der Waals surface area (Å²) in [5.41, 5.74) is 5.64. The van der Waals surface area contributed by atoms with Gasteiger partial charge in [-0.25, -0.2) is 15.0 Å². The number of benzene rings is 1. The standard InChI is InChI=1S/C24H26ClN7/c1-16-7-8-17(31-11-9-18(15-31)30(2)3)12-20(16)28-24-27-13-19(25)23(29-24)21-14-26-22-6-4-5-10-32(21)22/h4-8,10,12-14,18H,9,11,15H2,1-3H3,(H,27,28,29). The van der Waals surface area contributed by atoms with Crippen LogP contribution in [0.5, 0.6) is 0 Å². The zero-order chi connectivity index (χ0) is 22.2. The summed E-state index contributed by atoms with van der Waals surface area (Å²) in [5, 5.41) is 3.88. The molecule has 0 saturated carbocycles. The minimum absolute atomic E-state index is 0.485. The van der Waals surface area contributed by atoms with Crippen LogP contribution in [-0.2, 0) is 0 Å². The van der Waals surface area contributed by atoms with Gasteiger partial charge in [-0.05, 0) is 57.3 Å². The van der Waals surface area contributed by atoms with Crippen molar-refractivity contribution in [1.82, 2.24) is 24.3 Å². The second-order valence-corrected chi connectivity index (χ2v) is 8.85. The molecule has 4 heterocycles. The molecule has 1 atom stereocenters. The topological polar surface area (TPSA) is 61.6 Å². The minimum atomic E-state index is 0.485. The van der Waals surface area contributed by atoms with Crippen molar-refractivity contribution >= 4 is 34.6 Å². The Balaban J connectivity index is 1.44. The molecule has 1 fully saturated rings. The SMILES string of the molecule is Cc1ccc(N2CCC(N(C)C)C2)cc1Nc1ncc(Cl)c(-c2cnc3ccccn23)n1. The van der Waals surface area contributed by atoms with Crippen molar-refractivity contribution in [3.05, 3.63) is 65.6 Å². The molecule has 0 bridgehead atoms. The molecule has 3 aromatic heterocycles. The van der Waals surface area contributed by atoms with Crippen LogP contribution >= 0.6 is 11.6 Å². The summed E-state index contributed by atoms with van der Waals surface area (Å²) in [4.78, 5) is 18.3. The Labute approximate surface area is 192 Å². The number of imidazole rings is 1. The lowest BCUT2D eigenvalue weighted by Gasteiger charge is -2.23. The number of likely N-dealkylation sites (N-methyl/N-ethyl adjacent to an activating group) is 1. The molecule has 0 radical (unpaired) electrons. The molecule has 0 spiro atoms. The molecule has 164 valence electrons. The number of nitrogens with zero attached hydrogens (tertiary/aromatic N) is 6. The molecular weight excluding hydrogens is 422 g/mol. The van der Waals surface area contributed by atoms with Crippen molar-refractivity contribution in [2.45, 2.75) is 19.4 Å². The molecule has 7 nitrogen and oxygen atoms in total. The molecular formula is C24H26ClN7. The van der Waals surface area contributed by atoms with Crippen LogP contribution < -0.4 is 10.2 Å². The van der Waals surface area contributed by atoms with Gasteiger partial charge in [0.2, 0.25) is 5.95 Å². The van der Waals surface area contributed by atoms with Crippen molar-refractivity contribution in [3.63, 3.8) is 0 Å². The number of hydrogen-bond donors (Lipinski definition) is 1. The van der Waals surface area contributed by atoms with E-state index in [0.717, 1.165) is 35.7 Å². The Morgan fingerprint density at radius 1 is 1.12 bits per heavy atom. The average molecular weight is 448 g/mol. The molecule has 0 amide bonds. The lowest BCUT2D eigenvalue weighted by Crippen LogP contribution is -2.31. The van der Waals surface area contributed by atoms with Crippen LogP contribution in [0, 0.1) is 6.92 Å². The Hall–Kier alpha value is -3.16. The van der Waals surface area contributed by atoms with Crippen molar-refractivity contribution in [2.75, 3.05) is 37.4 Å². The van der Waals surface area contributed by atoms with Gasteiger partial charge >= 0.3 is 0 Å². The highest BCUT2D eigenvalue weighted by atomic mass is 35.5. The number of aryl methyl sites for hydroxylation is 1. The molecule has 1 saturated heterocycles. The van der Waals surface area contributed by atoms with Crippen LogP contribution in [0.1, 0.15) is 12.0 Å². The third kappa shape index (κ3) is 3.89. The first kappa shape index (κ1) is 20.7. The fourth-order valence-electron chi connectivity index (χ4n) is 4.17. The zero-order valence-electron chi connectivity index (χ0n) is 18.5. The van der Waals surface area contributed by atoms with Gasteiger partial charge in [0.15, 0.2) is 0 Å². The summed E-state index contributed by atoms with van der Waals surface area (Å²) >= 11 is 6.47. The third-order valence-corrected chi connectivity index (χ3v) is 6.41. The molecule has 1 aliphatic heterocycles. The number of rotatable bonds is 5. The number of nitrogens with one attached hydrogen (secondary N) is 1. The predicted molar refractivity (Wildman–Crippen MR) is 130 cm³/mol. The van der Waals surface area contributed by atoms with Crippen LogP contribution in [0.15, 0.2) is 55.0 Å². The summed E-state index contributed by atoms with van der Waals surface area (Å²) in [6, 6.07) is 13.0. The van der Waals surface area contributed by atoms with Gasteiger partial charge in [-0.15, -0.1) is 0 Å². The molecule has 0 aliphatic carbocycles. The van der Waals surface area contributed by atoms with Gasteiger partial charge in [0.25, 0.3) is 0 Å². The molecule has 1 aromatic carbocycles. The van der Waals surface area contributed by atoms with Gasteiger partial charge in [-0.3, -0.25) is 4.40 Å². The van der Waals surface area contributed by atoms with Gasteiger partial charge in [0.1, 0.15) is 11.3 Å². The average Bonchev–Trinajstić information content (AvgIpc) is 3.44. The van der Waals surface area contributed by atoms with Crippen LogP contribution in [0.25, 0.3) is 17.0 Å². The van der Waals surface area contributed by atoms with E-state index in [1.165, 1.54) is 12.1 Å². The summed E-state index contributed by atoms with van der Waals surface area (Å²) in [7, 11) is 4.30. The van der Waals surface area contributed by atoms with Crippen molar-refractivity contribution < 1.29 is 0 Å². The number of anilines is 3. The summed E-state index contributed by atoms with van der Waals surface area (Å²) in [6.07, 6.45) is 6.55. The highest BCUT2D eigenvalue weighted by molar-refractivity contribution is 6.32. The van der Waals surface area contributed by atoms with Gasteiger partial charge in [-0.1, -0.05) is 23.7 Å². The molecule has 1 aliphatic rings. The van der Waals surface area contributed by atoms with E-state index in [9.17, 15) is 0 Å². The van der Waals surface area contributed by atoms with E-state index in [2.05, 4.69) is 64.3 Å². The number of aromatic nitrogens is 4. The Bertz CT molecular complexity index is 1270. The minimum Gasteiger partial charge on any atom is -0.370 e. The highest BCUT2D eigenvalue weighted by Crippen LogP contribution is 2.31. The Morgan fingerprint density at radius 3 is 2.81 bits per heavy atom. The lowest BCUT2D eigenvalue weighted by molar-refractivity contribution is 0.315. The zero-order valence-corrected chi connectivity index (χ0v) is 19.2. The molecule has 5 rings (SSSR count). The Kier molecular flexibility index (Phi) is 5.45. The predicted octanol–water partition coefficient (Wildman–Crippen LogP) is 4.64. The first-order valence-corrected chi connectivity index (χ1v) is 11.1. The fraction of sp³-hybridized carbons (Fsp3) is 0.292. The van der Waals surface area contributed by atoms with Gasteiger partial charge < -0.3 is 15.1 Å². The van der Waals surface area contributed by atoms with E-state index >= 15 is 0 Å². The van der Waals surface area contributed by atoms with E-state index < -0.39 is 0 Å². The van der Waals surface area contributed by atoms with Crippen LogP contribution in [0.2, 0.25) is 5.02 Å². The summed E-state index contributed by atoms with van der Waals surface area (Å²) in [6.45, 7) is 4.17. The van der Waals surface area contributed by atoms with Crippen LogP contribution in [-0.4, -0.2) is 57.5 Å². The number of pyridine rings is 1. The van der Waals surface area contributed by atoms with E-state index in [1.54, 1.807) is 12.4 Å². The van der Waals surface area contributed by atoms with Crippen LogP contribution in [0.4, 0.5) is 17.3 Å². The van der Waals surface area contributed by atoms with E-state index in [-0.39, 0.29) is 0 Å². The number of halogens is 1. The molecule has 1 N–H and O–H groups in total. The first-order chi connectivity index (χ1) is 15.5. The normalized spacial score (nSPS) is 16.3. The second kappa shape index (κ2) is 8.41. The van der Waals surface area contributed by atoms with E-state index in [1.807, 2.05) is 28.8 Å². The first-order valence-electron chi connectivity index (χ1n) is 10.7.